The molecule has 72 valence electrons. The van der Waals surface area contributed by atoms with E-state index in [2.05, 4.69) is 26.8 Å². The van der Waals surface area contributed by atoms with Gasteiger partial charge < -0.3 is 5.73 Å². The van der Waals surface area contributed by atoms with Crippen molar-refractivity contribution in [1.29, 1.82) is 0 Å². The van der Waals surface area contributed by atoms with Gasteiger partial charge in [-0.25, -0.2) is 0 Å². The molecule has 0 spiro atoms. The summed E-state index contributed by atoms with van der Waals surface area (Å²) in [6.45, 7) is 6.58. The third-order valence-electron chi connectivity index (χ3n) is 2.10. The average Bonchev–Trinajstić information content (AvgIpc) is 2.09. The van der Waals surface area contributed by atoms with Crippen molar-refractivity contribution in [2.45, 2.75) is 37.3 Å². The molecule has 2 heteroatoms. The highest BCUT2D eigenvalue weighted by molar-refractivity contribution is 8.00. The molecule has 1 aromatic carbocycles. The fourth-order valence-corrected chi connectivity index (χ4v) is 2.10. The Hall–Kier alpha value is -0.630. The summed E-state index contributed by atoms with van der Waals surface area (Å²) in [6.07, 6.45) is 1.20. The Morgan fingerprint density at radius 3 is 2.69 bits per heavy atom. The summed E-state index contributed by atoms with van der Waals surface area (Å²) in [6, 6.07) is 6.12. The summed E-state index contributed by atoms with van der Waals surface area (Å²) in [7, 11) is 0. The molecule has 1 unspecified atom stereocenters. The molecule has 0 aliphatic carbocycles. The molecular weight excluding hydrogens is 178 g/mol. The van der Waals surface area contributed by atoms with E-state index in [0.29, 0.717) is 5.25 Å². The Labute approximate surface area is 84.7 Å². The molecule has 0 aliphatic rings. The molecule has 0 saturated carbocycles. The van der Waals surface area contributed by atoms with E-state index in [-0.39, 0.29) is 0 Å². The smallest absolute Gasteiger partial charge is 0.0317 e. The van der Waals surface area contributed by atoms with Crippen molar-refractivity contribution in [3.63, 3.8) is 0 Å². The van der Waals surface area contributed by atoms with Crippen molar-refractivity contribution in [3.05, 3.63) is 23.8 Å². The van der Waals surface area contributed by atoms with Crippen LogP contribution in [-0.4, -0.2) is 5.25 Å². The van der Waals surface area contributed by atoms with Gasteiger partial charge >= 0.3 is 0 Å². The monoisotopic (exact) mass is 195 g/mol. The zero-order valence-electron chi connectivity index (χ0n) is 8.50. The number of aryl methyl sites for hydroxylation is 1. The molecule has 0 fully saturated rings. The Morgan fingerprint density at radius 1 is 1.46 bits per heavy atom. The van der Waals surface area contributed by atoms with Crippen molar-refractivity contribution in [3.8, 4) is 0 Å². The molecule has 1 rings (SSSR count). The van der Waals surface area contributed by atoms with Gasteiger partial charge in [-0.05, 0) is 37.1 Å². The zero-order chi connectivity index (χ0) is 9.84. The summed E-state index contributed by atoms with van der Waals surface area (Å²) >= 11 is 1.92. The lowest BCUT2D eigenvalue weighted by molar-refractivity contribution is 0.905. The Balaban J connectivity index is 2.77. The van der Waals surface area contributed by atoms with E-state index >= 15 is 0 Å². The first-order valence-corrected chi connectivity index (χ1v) is 5.54. The second-order valence-corrected chi connectivity index (χ2v) is 4.84. The second kappa shape index (κ2) is 4.56. The summed E-state index contributed by atoms with van der Waals surface area (Å²) in [5.74, 6) is 0. The van der Waals surface area contributed by atoms with E-state index in [4.69, 9.17) is 5.73 Å². The summed E-state index contributed by atoms with van der Waals surface area (Å²) in [5, 5.41) is 0.683. The molecule has 2 N–H and O–H groups in total. The lowest BCUT2D eigenvalue weighted by Gasteiger charge is -2.10. The molecule has 0 heterocycles. The number of rotatable bonds is 3. The van der Waals surface area contributed by atoms with Crippen molar-refractivity contribution >= 4 is 17.4 Å². The minimum Gasteiger partial charge on any atom is -0.399 e. The number of nitrogens with two attached hydrogens (primary N) is 1. The highest BCUT2D eigenvalue weighted by Crippen LogP contribution is 2.28. The van der Waals surface area contributed by atoms with Gasteiger partial charge in [-0.2, -0.15) is 0 Å². The van der Waals surface area contributed by atoms with Crippen LogP contribution in [0.15, 0.2) is 23.1 Å². The average molecular weight is 195 g/mol. The third kappa shape index (κ3) is 2.96. The first-order valence-electron chi connectivity index (χ1n) is 4.66. The van der Waals surface area contributed by atoms with Crippen LogP contribution >= 0.6 is 11.8 Å². The predicted molar refractivity (Wildman–Crippen MR) is 61.2 cm³/mol. The number of thioether (sulfide) groups is 1. The summed E-state index contributed by atoms with van der Waals surface area (Å²) in [5.41, 5.74) is 7.82. The van der Waals surface area contributed by atoms with Crippen LogP contribution in [0.25, 0.3) is 0 Å². The van der Waals surface area contributed by atoms with Crippen LogP contribution in [0.2, 0.25) is 0 Å². The molecule has 0 aliphatic heterocycles. The maximum Gasteiger partial charge on any atom is 0.0317 e. The number of benzene rings is 1. The van der Waals surface area contributed by atoms with Crippen molar-refractivity contribution in [1.82, 2.24) is 0 Å². The molecule has 0 bridgehead atoms. The normalized spacial score (nSPS) is 12.8. The number of hydrogen-bond acceptors (Lipinski definition) is 2. The molecule has 0 amide bonds. The minimum atomic E-state index is 0.683. The van der Waals surface area contributed by atoms with E-state index in [9.17, 15) is 0 Å². The maximum absolute atomic E-state index is 5.68. The van der Waals surface area contributed by atoms with E-state index < -0.39 is 0 Å². The fourth-order valence-electron chi connectivity index (χ4n) is 1.10. The van der Waals surface area contributed by atoms with Gasteiger partial charge in [-0.1, -0.05) is 13.8 Å². The van der Waals surface area contributed by atoms with E-state index in [1.54, 1.807) is 0 Å². The summed E-state index contributed by atoms with van der Waals surface area (Å²) in [4.78, 5) is 1.35. The molecule has 13 heavy (non-hydrogen) atoms. The van der Waals surface area contributed by atoms with Gasteiger partial charge in [0.05, 0.1) is 0 Å². The quantitative estimate of drug-likeness (QED) is 0.590. The molecule has 0 radical (unpaired) electrons. The van der Waals surface area contributed by atoms with Crippen LogP contribution < -0.4 is 5.73 Å². The minimum absolute atomic E-state index is 0.683. The van der Waals surface area contributed by atoms with Crippen LogP contribution in [0, 0.1) is 6.92 Å². The first-order chi connectivity index (χ1) is 6.13. The van der Waals surface area contributed by atoms with Gasteiger partial charge in [-0.15, -0.1) is 11.8 Å². The highest BCUT2D eigenvalue weighted by Gasteiger charge is 2.04. The first kappa shape index (κ1) is 10.5. The van der Waals surface area contributed by atoms with Gasteiger partial charge in [0.25, 0.3) is 0 Å². The number of hydrogen-bond donors (Lipinski definition) is 1. The molecule has 1 nitrogen and oxygen atoms in total. The second-order valence-electron chi connectivity index (χ2n) is 3.36. The fraction of sp³-hybridized carbons (Fsp3) is 0.455. The van der Waals surface area contributed by atoms with Crippen molar-refractivity contribution < 1.29 is 0 Å². The molecule has 0 saturated heterocycles. The van der Waals surface area contributed by atoms with Crippen LogP contribution in [-0.2, 0) is 0 Å². The largest absolute Gasteiger partial charge is 0.399 e. The lowest BCUT2D eigenvalue weighted by Crippen LogP contribution is -1.94. The van der Waals surface area contributed by atoms with Gasteiger partial charge in [0.1, 0.15) is 0 Å². The molecule has 1 aromatic rings. The van der Waals surface area contributed by atoms with E-state index in [0.717, 1.165) is 5.69 Å². The van der Waals surface area contributed by atoms with Crippen LogP contribution in [0.3, 0.4) is 0 Å². The topological polar surface area (TPSA) is 26.0 Å². The standard InChI is InChI=1S/C11H17NS/c1-4-9(3)13-11-6-5-10(12)7-8(11)2/h5-7,9H,4,12H2,1-3H3. The Morgan fingerprint density at radius 2 is 2.15 bits per heavy atom. The van der Waals surface area contributed by atoms with Crippen LogP contribution in [0.1, 0.15) is 25.8 Å². The Bertz CT molecular complexity index is 283. The van der Waals surface area contributed by atoms with E-state index in [1.807, 2.05) is 23.9 Å². The van der Waals surface area contributed by atoms with Gasteiger partial charge in [0, 0.05) is 15.8 Å². The van der Waals surface area contributed by atoms with Crippen LogP contribution in [0.4, 0.5) is 5.69 Å². The zero-order valence-corrected chi connectivity index (χ0v) is 9.32. The SMILES string of the molecule is CCC(C)Sc1ccc(N)cc1C. The number of anilines is 1. The van der Waals surface area contributed by atoms with Crippen molar-refractivity contribution in [2.24, 2.45) is 0 Å². The maximum atomic E-state index is 5.68. The number of nitrogen functional groups attached to an aromatic ring is 1. The van der Waals surface area contributed by atoms with Gasteiger partial charge in [0.15, 0.2) is 0 Å². The molecule has 0 aromatic heterocycles. The van der Waals surface area contributed by atoms with Crippen molar-refractivity contribution in [2.75, 3.05) is 5.73 Å². The highest BCUT2D eigenvalue weighted by atomic mass is 32.2. The molecule has 1 atom stereocenters. The van der Waals surface area contributed by atoms with E-state index in [1.165, 1.54) is 16.9 Å². The lowest BCUT2D eigenvalue weighted by atomic mass is 10.2. The molecular formula is C11H17NS. The predicted octanol–water partition coefficient (Wildman–Crippen LogP) is 3.47. The van der Waals surface area contributed by atoms with Gasteiger partial charge in [-0.3, -0.25) is 0 Å². The Kier molecular flexibility index (Phi) is 3.67. The summed E-state index contributed by atoms with van der Waals surface area (Å²) < 4.78 is 0. The van der Waals surface area contributed by atoms with Crippen LogP contribution in [0.5, 0.6) is 0 Å². The third-order valence-corrected chi connectivity index (χ3v) is 3.55. The van der Waals surface area contributed by atoms with Gasteiger partial charge in [0.2, 0.25) is 0 Å².